The average Bonchev–Trinajstić information content (AvgIpc) is 1.83. The van der Waals surface area contributed by atoms with E-state index in [0.717, 1.165) is 6.42 Å². The molecule has 8 heavy (non-hydrogen) atoms. The van der Waals surface area contributed by atoms with Crippen LogP contribution in [-0.4, -0.2) is 24.5 Å². The lowest BCUT2D eigenvalue weighted by Gasteiger charge is -2.05. The summed E-state index contributed by atoms with van der Waals surface area (Å²) in [5, 5.41) is 8.81. The highest BCUT2D eigenvalue weighted by Gasteiger charge is 1.96. The van der Waals surface area contributed by atoms with Crippen molar-refractivity contribution in [1.29, 1.82) is 0 Å². The van der Waals surface area contributed by atoms with E-state index in [1.165, 1.54) is 0 Å². The van der Waals surface area contributed by atoms with Crippen LogP contribution in [0.5, 0.6) is 0 Å². The molecule has 0 aromatic heterocycles. The van der Waals surface area contributed by atoms with Gasteiger partial charge in [0.15, 0.2) is 0 Å². The van der Waals surface area contributed by atoms with Crippen molar-refractivity contribution in [1.82, 2.24) is 0 Å². The molecular weight excluding hydrogens is 106 g/mol. The molecule has 0 fully saturated rings. The minimum absolute atomic E-state index is 0.192. The number of hydrogen-bond acceptors (Lipinski definition) is 3. The monoisotopic (exact) mass is 119 g/mol. The van der Waals surface area contributed by atoms with Crippen LogP contribution in [0.25, 0.3) is 0 Å². The molecule has 3 nitrogen and oxygen atoms in total. The fourth-order valence-electron chi connectivity index (χ4n) is 0.322. The Hall–Kier alpha value is -0.120. The summed E-state index contributed by atoms with van der Waals surface area (Å²) in [6.07, 6.45) is 0.374. The summed E-state index contributed by atoms with van der Waals surface area (Å²) in [7, 11) is 0. The van der Waals surface area contributed by atoms with Crippen molar-refractivity contribution in [3.8, 4) is 0 Å². The van der Waals surface area contributed by atoms with Crippen molar-refractivity contribution < 1.29 is 9.84 Å². The van der Waals surface area contributed by atoms with Gasteiger partial charge in [0.2, 0.25) is 0 Å². The van der Waals surface area contributed by atoms with E-state index in [0.29, 0.717) is 6.61 Å². The van der Waals surface area contributed by atoms with Crippen LogP contribution in [0.2, 0.25) is 0 Å². The normalized spacial score (nSPS) is 13.9. The van der Waals surface area contributed by atoms with Gasteiger partial charge < -0.3 is 15.6 Å². The molecular formula is C5H13NO2. The van der Waals surface area contributed by atoms with E-state index < -0.39 is 0 Å². The molecule has 3 heteroatoms. The Kier molecular flexibility index (Phi) is 4.95. The average molecular weight is 119 g/mol. The predicted molar refractivity (Wildman–Crippen MR) is 31.3 cm³/mol. The van der Waals surface area contributed by atoms with Crippen LogP contribution in [0.3, 0.4) is 0 Å². The van der Waals surface area contributed by atoms with Gasteiger partial charge in [-0.25, -0.2) is 0 Å². The number of hydrogen-bond donors (Lipinski definition) is 2. The molecule has 0 bridgehead atoms. The molecule has 0 amide bonds. The Bertz CT molecular complexity index is 49.7. The molecule has 3 N–H and O–H groups in total. The molecule has 50 valence electrons. The first-order valence-electron chi connectivity index (χ1n) is 2.77. The maximum atomic E-state index is 8.81. The van der Waals surface area contributed by atoms with Gasteiger partial charge in [-0.15, -0.1) is 0 Å². The largest absolute Gasteiger partial charge is 0.391 e. The third kappa shape index (κ3) is 4.05. The van der Waals surface area contributed by atoms with Gasteiger partial charge in [0.05, 0.1) is 19.4 Å². The zero-order valence-electron chi connectivity index (χ0n) is 5.13. The molecule has 0 radical (unpaired) electrons. The molecule has 0 heterocycles. The van der Waals surface area contributed by atoms with Crippen LogP contribution in [0.15, 0.2) is 0 Å². The van der Waals surface area contributed by atoms with Crippen LogP contribution in [0, 0.1) is 0 Å². The van der Waals surface area contributed by atoms with Crippen LogP contribution in [0.1, 0.15) is 13.3 Å². The highest BCUT2D eigenvalue weighted by molar-refractivity contribution is 4.46. The first kappa shape index (κ1) is 7.88. The van der Waals surface area contributed by atoms with Gasteiger partial charge in [-0.2, -0.15) is 0 Å². The first-order valence-corrected chi connectivity index (χ1v) is 2.77. The molecule has 0 saturated heterocycles. The molecule has 0 aromatic carbocycles. The topological polar surface area (TPSA) is 55.5 Å². The zero-order chi connectivity index (χ0) is 6.41. The highest BCUT2D eigenvalue weighted by Crippen LogP contribution is 1.88. The standard InChI is InChI=1S/C5H13NO2/c1-2-5(7)3-8-4-6/h5,7H,2-4,6H2,1H3. The van der Waals surface area contributed by atoms with E-state index in [1.54, 1.807) is 0 Å². The Morgan fingerprint density at radius 2 is 2.38 bits per heavy atom. The number of ether oxygens (including phenoxy) is 1. The third-order valence-corrected chi connectivity index (χ3v) is 0.899. The van der Waals surface area contributed by atoms with Crippen molar-refractivity contribution >= 4 is 0 Å². The van der Waals surface area contributed by atoms with Crippen molar-refractivity contribution in [2.45, 2.75) is 19.4 Å². The third-order valence-electron chi connectivity index (χ3n) is 0.899. The second kappa shape index (κ2) is 5.03. The van der Waals surface area contributed by atoms with Crippen LogP contribution in [0.4, 0.5) is 0 Å². The fraction of sp³-hybridized carbons (Fsp3) is 1.00. The van der Waals surface area contributed by atoms with Crippen molar-refractivity contribution in [3.05, 3.63) is 0 Å². The van der Waals surface area contributed by atoms with E-state index in [9.17, 15) is 0 Å². The lowest BCUT2D eigenvalue weighted by Crippen LogP contribution is -2.17. The summed E-state index contributed by atoms with van der Waals surface area (Å²) < 4.78 is 4.71. The van der Waals surface area contributed by atoms with Gasteiger partial charge in [0, 0.05) is 0 Å². The second-order valence-electron chi connectivity index (χ2n) is 1.60. The van der Waals surface area contributed by atoms with Gasteiger partial charge >= 0.3 is 0 Å². The summed E-state index contributed by atoms with van der Waals surface area (Å²) in [5.74, 6) is 0. The van der Waals surface area contributed by atoms with Crippen molar-refractivity contribution in [3.63, 3.8) is 0 Å². The number of rotatable bonds is 4. The minimum atomic E-state index is -0.349. The van der Waals surface area contributed by atoms with Gasteiger partial charge in [0.1, 0.15) is 0 Å². The van der Waals surface area contributed by atoms with E-state index in [4.69, 9.17) is 15.6 Å². The highest BCUT2D eigenvalue weighted by atomic mass is 16.5. The maximum Gasteiger partial charge on any atom is 0.0941 e. The lowest BCUT2D eigenvalue weighted by molar-refractivity contribution is 0.0379. The second-order valence-corrected chi connectivity index (χ2v) is 1.60. The fourth-order valence-corrected chi connectivity index (χ4v) is 0.322. The summed E-state index contributed by atoms with van der Waals surface area (Å²) in [6, 6.07) is 0. The van der Waals surface area contributed by atoms with Crippen molar-refractivity contribution in [2.75, 3.05) is 13.3 Å². The predicted octanol–water partition coefficient (Wildman–Crippen LogP) is -0.310. The van der Waals surface area contributed by atoms with E-state index >= 15 is 0 Å². The molecule has 0 aliphatic carbocycles. The molecule has 1 unspecified atom stereocenters. The molecule has 0 aromatic rings. The molecule has 0 spiro atoms. The Balaban J connectivity index is 2.86. The minimum Gasteiger partial charge on any atom is -0.391 e. The molecule has 0 rings (SSSR count). The molecule has 1 atom stereocenters. The number of nitrogens with two attached hydrogens (primary N) is 1. The van der Waals surface area contributed by atoms with Crippen molar-refractivity contribution in [2.24, 2.45) is 5.73 Å². The summed E-state index contributed by atoms with van der Waals surface area (Å²) >= 11 is 0. The van der Waals surface area contributed by atoms with E-state index in [2.05, 4.69) is 0 Å². The van der Waals surface area contributed by atoms with Gasteiger partial charge in [-0.1, -0.05) is 6.92 Å². The molecule has 0 aliphatic heterocycles. The molecule has 0 aliphatic rings. The SMILES string of the molecule is CCC(O)COCN. The Labute approximate surface area is 49.4 Å². The van der Waals surface area contributed by atoms with Crippen LogP contribution < -0.4 is 5.73 Å². The first-order chi connectivity index (χ1) is 3.81. The molecule has 0 saturated carbocycles. The quantitative estimate of drug-likeness (QED) is 0.499. The van der Waals surface area contributed by atoms with Gasteiger partial charge in [-0.05, 0) is 6.42 Å². The summed E-state index contributed by atoms with van der Waals surface area (Å²) in [5.41, 5.74) is 5.00. The summed E-state index contributed by atoms with van der Waals surface area (Å²) in [4.78, 5) is 0. The Morgan fingerprint density at radius 3 is 2.75 bits per heavy atom. The smallest absolute Gasteiger partial charge is 0.0941 e. The van der Waals surface area contributed by atoms with E-state index in [-0.39, 0.29) is 12.8 Å². The van der Waals surface area contributed by atoms with Gasteiger partial charge in [0.25, 0.3) is 0 Å². The number of aliphatic hydroxyl groups is 1. The zero-order valence-corrected chi connectivity index (χ0v) is 5.13. The lowest BCUT2D eigenvalue weighted by atomic mass is 10.3. The van der Waals surface area contributed by atoms with Crippen LogP contribution >= 0.6 is 0 Å². The van der Waals surface area contributed by atoms with Crippen LogP contribution in [-0.2, 0) is 4.74 Å². The maximum absolute atomic E-state index is 8.81. The van der Waals surface area contributed by atoms with E-state index in [1.807, 2.05) is 6.92 Å². The van der Waals surface area contributed by atoms with Gasteiger partial charge in [-0.3, -0.25) is 0 Å². The number of aliphatic hydroxyl groups excluding tert-OH is 1. The summed E-state index contributed by atoms with van der Waals surface area (Å²) in [6.45, 7) is 2.44. The Morgan fingerprint density at radius 1 is 1.75 bits per heavy atom.